The molecule has 2 atom stereocenters. The van der Waals surface area contributed by atoms with Crippen LogP contribution in [0.4, 0.5) is 4.79 Å². The van der Waals surface area contributed by atoms with Crippen molar-refractivity contribution in [1.29, 1.82) is 0 Å². The van der Waals surface area contributed by atoms with Gasteiger partial charge in [-0.25, -0.2) is 4.79 Å². The quantitative estimate of drug-likeness (QED) is 0.808. The van der Waals surface area contributed by atoms with E-state index in [1.165, 1.54) is 0 Å². The maximum atomic E-state index is 12.2. The Hall–Kier alpha value is -1.24. The van der Waals surface area contributed by atoms with Gasteiger partial charge >= 0.3 is 6.09 Å². The first kappa shape index (κ1) is 18.1. The SMILES string of the molecule is CN(C(=O)OC(C)(C)C)[C@@]1(CN)SC1COCc1ccccc1. The van der Waals surface area contributed by atoms with Crippen molar-refractivity contribution in [2.75, 3.05) is 20.2 Å². The molecule has 1 unspecified atom stereocenters. The predicted octanol–water partition coefficient (Wildman–Crippen LogP) is 2.84. The first-order valence-electron chi connectivity index (χ1n) is 7.75. The fraction of sp³-hybridized carbons (Fsp3) is 0.588. The average molecular weight is 338 g/mol. The molecule has 2 N–H and O–H groups in total. The Balaban J connectivity index is 1.85. The summed E-state index contributed by atoms with van der Waals surface area (Å²) < 4.78 is 11.2. The van der Waals surface area contributed by atoms with Crippen LogP contribution in [0.15, 0.2) is 30.3 Å². The number of rotatable bonds is 6. The molecule has 5 nitrogen and oxygen atoms in total. The van der Waals surface area contributed by atoms with Gasteiger partial charge in [-0.15, -0.1) is 11.8 Å². The number of ether oxygens (including phenoxy) is 2. The Labute approximate surface area is 142 Å². The summed E-state index contributed by atoms with van der Waals surface area (Å²) in [5.74, 6) is 0. The number of hydrogen-bond acceptors (Lipinski definition) is 5. The molecule has 0 radical (unpaired) electrons. The second-order valence-electron chi connectivity index (χ2n) is 6.70. The molecule has 0 aromatic heterocycles. The van der Waals surface area contributed by atoms with Crippen LogP contribution in [0.5, 0.6) is 0 Å². The van der Waals surface area contributed by atoms with Crippen molar-refractivity contribution in [2.24, 2.45) is 5.73 Å². The van der Waals surface area contributed by atoms with Gasteiger partial charge in [-0.1, -0.05) is 30.3 Å². The number of amides is 1. The van der Waals surface area contributed by atoms with Gasteiger partial charge in [-0.05, 0) is 26.3 Å². The molecule has 1 fully saturated rings. The number of thioether (sulfide) groups is 1. The van der Waals surface area contributed by atoms with E-state index < -0.39 is 10.5 Å². The topological polar surface area (TPSA) is 64.8 Å². The van der Waals surface area contributed by atoms with Crippen molar-refractivity contribution >= 4 is 17.9 Å². The zero-order valence-electron chi connectivity index (χ0n) is 14.2. The van der Waals surface area contributed by atoms with Crippen LogP contribution >= 0.6 is 11.8 Å². The van der Waals surface area contributed by atoms with Gasteiger partial charge in [-0.3, -0.25) is 4.90 Å². The van der Waals surface area contributed by atoms with Crippen LogP contribution in [0.3, 0.4) is 0 Å². The number of nitrogens with two attached hydrogens (primary N) is 1. The minimum absolute atomic E-state index is 0.175. The summed E-state index contributed by atoms with van der Waals surface area (Å²) in [7, 11) is 1.74. The van der Waals surface area contributed by atoms with E-state index in [2.05, 4.69) is 0 Å². The van der Waals surface area contributed by atoms with Gasteiger partial charge in [0.1, 0.15) is 10.5 Å². The highest BCUT2D eigenvalue weighted by Crippen LogP contribution is 2.55. The first-order chi connectivity index (χ1) is 10.8. The number of likely N-dealkylation sites (N-methyl/N-ethyl adjacent to an activating group) is 1. The summed E-state index contributed by atoms with van der Waals surface area (Å²) in [5, 5.41) is 0.175. The van der Waals surface area contributed by atoms with E-state index in [0.29, 0.717) is 19.8 Å². The standard InChI is InChI=1S/C17H26N2O3S/c1-16(2,3)22-15(20)19(4)17(12-18)14(23-17)11-21-10-13-8-6-5-7-9-13/h5-9,14H,10-12,18H2,1-4H3/t14?,17-/m0/s1. The van der Waals surface area contributed by atoms with Gasteiger partial charge in [0.05, 0.1) is 18.5 Å². The largest absolute Gasteiger partial charge is 0.444 e. The Bertz CT molecular complexity index is 532. The molecule has 0 saturated carbocycles. The number of benzene rings is 1. The predicted molar refractivity (Wildman–Crippen MR) is 93.3 cm³/mol. The average Bonchev–Trinajstić information content (AvgIpc) is 3.20. The third kappa shape index (κ3) is 4.62. The number of carbonyl (C=O) groups is 1. The number of nitrogens with zero attached hydrogens (tertiary/aromatic N) is 1. The van der Waals surface area contributed by atoms with Crippen molar-refractivity contribution in [1.82, 2.24) is 4.90 Å². The maximum Gasteiger partial charge on any atom is 0.411 e. The van der Waals surface area contributed by atoms with Crippen LogP contribution in [-0.2, 0) is 16.1 Å². The van der Waals surface area contributed by atoms with Gasteiger partial charge in [0.15, 0.2) is 0 Å². The lowest BCUT2D eigenvalue weighted by molar-refractivity contribution is 0.0198. The summed E-state index contributed by atoms with van der Waals surface area (Å²) in [6, 6.07) is 10.0. The number of hydrogen-bond donors (Lipinski definition) is 1. The fourth-order valence-corrected chi connectivity index (χ4v) is 3.57. The molecule has 1 aliphatic rings. The molecule has 0 bridgehead atoms. The van der Waals surface area contributed by atoms with E-state index >= 15 is 0 Å². The van der Waals surface area contributed by atoms with Gasteiger partial charge in [0.2, 0.25) is 0 Å². The Morgan fingerprint density at radius 3 is 2.57 bits per heavy atom. The second-order valence-corrected chi connectivity index (χ2v) is 8.21. The van der Waals surface area contributed by atoms with E-state index in [0.717, 1.165) is 5.56 Å². The summed E-state index contributed by atoms with van der Waals surface area (Å²) in [6.07, 6.45) is -0.346. The van der Waals surface area contributed by atoms with Crippen LogP contribution in [0.2, 0.25) is 0 Å². The molecule has 128 valence electrons. The highest BCUT2D eigenvalue weighted by Gasteiger charge is 2.60. The van der Waals surface area contributed by atoms with E-state index in [1.54, 1.807) is 23.7 Å². The normalized spacial score (nSPS) is 23.4. The Kier molecular flexibility index (Phi) is 5.60. The molecule has 1 aromatic carbocycles. The highest BCUT2D eigenvalue weighted by atomic mass is 32.2. The Morgan fingerprint density at radius 2 is 2.00 bits per heavy atom. The first-order valence-corrected chi connectivity index (χ1v) is 8.63. The molecular formula is C17H26N2O3S. The molecule has 1 amide bonds. The third-order valence-electron chi connectivity index (χ3n) is 3.70. The molecular weight excluding hydrogens is 312 g/mol. The minimum Gasteiger partial charge on any atom is -0.444 e. The van der Waals surface area contributed by atoms with Crippen molar-refractivity contribution < 1.29 is 14.3 Å². The van der Waals surface area contributed by atoms with Crippen molar-refractivity contribution in [3.63, 3.8) is 0 Å². The maximum absolute atomic E-state index is 12.2. The lowest BCUT2D eigenvalue weighted by Crippen LogP contribution is -2.48. The zero-order chi connectivity index (χ0) is 17.1. The van der Waals surface area contributed by atoms with Crippen LogP contribution in [0.1, 0.15) is 26.3 Å². The minimum atomic E-state index is -0.514. The summed E-state index contributed by atoms with van der Waals surface area (Å²) in [5.41, 5.74) is 6.54. The molecule has 2 rings (SSSR count). The highest BCUT2D eigenvalue weighted by molar-refractivity contribution is 8.08. The summed E-state index contributed by atoms with van der Waals surface area (Å²) in [6.45, 7) is 7.07. The van der Waals surface area contributed by atoms with Crippen molar-refractivity contribution in [3.8, 4) is 0 Å². The van der Waals surface area contributed by atoms with E-state index in [4.69, 9.17) is 15.2 Å². The molecule has 0 aliphatic carbocycles. The van der Waals surface area contributed by atoms with E-state index in [9.17, 15) is 4.79 Å². The third-order valence-corrected chi connectivity index (χ3v) is 5.39. The lowest BCUT2D eigenvalue weighted by atomic mass is 10.2. The molecule has 23 heavy (non-hydrogen) atoms. The molecule has 1 aromatic rings. The van der Waals surface area contributed by atoms with Gasteiger partial charge in [0.25, 0.3) is 0 Å². The Morgan fingerprint density at radius 1 is 1.35 bits per heavy atom. The molecule has 1 aliphatic heterocycles. The van der Waals surface area contributed by atoms with Crippen LogP contribution in [0, 0.1) is 0 Å². The van der Waals surface area contributed by atoms with Crippen LogP contribution < -0.4 is 5.73 Å². The smallest absolute Gasteiger partial charge is 0.411 e. The lowest BCUT2D eigenvalue weighted by Gasteiger charge is -2.30. The number of carbonyl (C=O) groups excluding carboxylic acids is 1. The van der Waals surface area contributed by atoms with E-state index in [-0.39, 0.29) is 11.3 Å². The van der Waals surface area contributed by atoms with Gasteiger partial charge < -0.3 is 15.2 Å². The molecule has 1 saturated heterocycles. The molecule has 1 heterocycles. The second kappa shape index (κ2) is 7.11. The monoisotopic (exact) mass is 338 g/mol. The van der Waals surface area contributed by atoms with Gasteiger partial charge in [0, 0.05) is 13.6 Å². The van der Waals surface area contributed by atoms with Crippen molar-refractivity contribution in [2.45, 2.75) is 43.1 Å². The van der Waals surface area contributed by atoms with E-state index in [1.807, 2.05) is 51.1 Å². The van der Waals surface area contributed by atoms with Crippen LogP contribution in [0.25, 0.3) is 0 Å². The molecule has 6 heteroatoms. The van der Waals surface area contributed by atoms with Crippen LogP contribution in [-0.4, -0.2) is 46.9 Å². The van der Waals surface area contributed by atoms with Crippen molar-refractivity contribution in [3.05, 3.63) is 35.9 Å². The summed E-state index contributed by atoms with van der Waals surface area (Å²) in [4.78, 5) is 13.4. The zero-order valence-corrected chi connectivity index (χ0v) is 15.1. The fourth-order valence-electron chi connectivity index (χ4n) is 2.33. The van der Waals surface area contributed by atoms with Gasteiger partial charge in [-0.2, -0.15) is 0 Å². The molecule has 0 spiro atoms. The summed E-state index contributed by atoms with van der Waals surface area (Å²) >= 11 is 1.66.